The number of rotatable bonds is 6. The van der Waals surface area contributed by atoms with Crippen molar-refractivity contribution >= 4 is 20.3 Å². The number of ether oxygens (including phenoxy) is 1. The van der Waals surface area contributed by atoms with Crippen molar-refractivity contribution in [3.8, 4) is 0 Å². The topological polar surface area (TPSA) is 55.8 Å². The largest absolute Gasteiger partial charge is 0.443 e. The zero-order chi connectivity index (χ0) is 22.0. The van der Waals surface area contributed by atoms with Crippen molar-refractivity contribution in [2.75, 3.05) is 0 Å². The summed E-state index contributed by atoms with van der Waals surface area (Å²) < 4.78 is 34.4. The zero-order valence-corrected chi connectivity index (χ0v) is 17.2. The number of carbonyl (C=O) groups is 2. The van der Waals surface area contributed by atoms with Crippen LogP contribution in [-0.2, 0) is 14.0 Å². The molecule has 0 unspecified atom stereocenters. The van der Waals surface area contributed by atoms with Gasteiger partial charge in [0.25, 0.3) is 5.91 Å². The molecule has 0 N–H and O–H groups in total. The van der Waals surface area contributed by atoms with Crippen LogP contribution in [0.25, 0.3) is 0 Å². The van der Waals surface area contributed by atoms with E-state index in [4.69, 9.17) is 13.3 Å². The minimum Gasteiger partial charge on any atom is -0.443 e. The molecule has 1 saturated heterocycles. The highest BCUT2D eigenvalue weighted by molar-refractivity contribution is 6.73. The lowest BCUT2D eigenvalue weighted by Gasteiger charge is -2.48. The predicted octanol–water partition coefficient (Wildman–Crippen LogP) is 4.90. The summed E-state index contributed by atoms with van der Waals surface area (Å²) in [5.74, 6) is -0.475. The van der Waals surface area contributed by atoms with Crippen LogP contribution in [0.5, 0.6) is 0 Å². The van der Waals surface area contributed by atoms with Gasteiger partial charge in [-0.25, -0.2) is 9.69 Å². The van der Waals surface area contributed by atoms with E-state index in [0.717, 1.165) is 28.6 Å². The van der Waals surface area contributed by atoms with E-state index in [1.54, 1.807) is 0 Å². The van der Waals surface area contributed by atoms with Gasteiger partial charge in [0.2, 0.25) is 0 Å². The summed E-state index contributed by atoms with van der Waals surface area (Å²) in [6.45, 7) is 6.34. The van der Waals surface area contributed by atoms with Crippen LogP contribution in [0.4, 0.5) is 4.79 Å². The number of imide groups is 1. The molecule has 1 fully saturated rings. The van der Waals surface area contributed by atoms with E-state index in [-0.39, 0.29) is 0 Å². The molecule has 6 heteroatoms. The molecule has 1 aliphatic heterocycles. The fourth-order valence-electron chi connectivity index (χ4n) is 3.29. The van der Waals surface area contributed by atoms with Gasteiger partial charge in [-0.05, 0) is 44.4 Å². The molecule has 0 radical (unpaired) electrons. The predicted molar refractivity (Wildman–Crippen MR) is 104 cm³/mol. The molecule has 1 aromatic rings. The van der Waals surface area contributed by atoms with Crippen LogP contribution in [0.3, 0.4) is 0 Å². The SMILES string of the molecule is [2H]C([2H])([2H])C(C)(C)OC(=O)N1C(=O)[C@H](O[Si](CC)(CC)CC)[C@@H]1c1ccccc1. The minimum absolute atomic E-state index is 0.475. The summed E-state index contributed by atoms with van der Waals surface area (Å²) >= 11 is 0. The van der Waals surface area contributed by atoms with E-state index in [2.05, 4.69) is 20.8 Å². The van der Waals surface area contributed by atoms with Gasteiger partial charge in [0.15, 0.2) is 14.4 Å². The van der Waals surface area contributed by atoms with Gasteiger partial charge in [-0.1, -0.05) is 51.1 Å². The number of hydrogen-bond acceptors (Lipinski definition) is 4. The zero-order valence-electron chi connectivity index (χ0n) is 19.2. The Balaban J connectivity index is 2.33. The Morgan fingerprint density at radius 1 is 1.19 bits per heavy atom. The molecule has 0 saturated carbocycles. The van der Waals surface area contributed by atoms with Crippen molar-refractivity contribution in [1.29, 1.82) is 0 Å². The molecule has 2 atom stereocenters. The first-order valence-corrected chi connectivity index (χ1v) is 11.7. The third-order valence-corrected chi connectivity index (χ3v) is 9.66. The van der Waals surface area contributed by atoms with Crippen LogP contribution in [0.1, 0.15) is 57.2 Å². The molecule has 26 heavy (non-hydrogen) atoms. The number of β-lactam (4-membered cyclic amide) rings is 1. The maximum atomic E-state index is 12.9. The normalized spacial score (nSPS) is 22.9. The summed E-state index contributed by atoms with van der Waals surface area (Å²) in [5, 5.41) is 0. The Labute approximate surface area is 162 Å². The molecule has 0 bridgehead atoms. The molecule has 2 rings (SSSR count). The quantitative estimate of drug-likeness (QED) is 0.520. The second-order valence-electron chi connectivity index (χ2n) is 7.22. The number of nitrogens with zero attached hydrogens (tertiary/aromatic N) is 1. The summed E-state index contributed by atoms with van der Waals surface area (Å²) in [6, 6.07) is 11.2. The van der Waals surface area contributed by atoms with E-state index in [1.165, 1.54) is 13.8 Å². The number of carbonyl (C=O) groups excluding carboxylic acids is 2. The van der Waals surface area contributed by atoms with E-state index < -0.39 is 44.9 Å². The Hall–Kier alpha value is -1.66. The van der Waals surface area contributed by atoms with Gasteiger partial charge in [0.05, 0.1) is 0 Å². The van der Waals surface area contributed by atoms with Crippen molar-refractivity contribution in [3.05, 3.63) is 35.9 Å². The summed E-state index contributed by atoms with van der Waals surface area (Å²) in [4.78, 5) is 26.7. The molecule has 1 aliphatic rings. The number of hydrogen-bond donors (Lipinski definition) is 0. The van der Waals surface area contributed by atoms with Gasteiger partial charge in [0.1, 0.15) is 11.6 Å². The van der Waals surface area contributed by atoms with E-state index in [9.17, 15) is 9.59 Å². The van der Waals surface area contributed by atoms with Crippen LogP contribution in [-0.4, -0.2) is 36.9 Å². The summed E-state index contributed by atoms with van der Waals surface area (Å²) in [7, 11) is -2.10. The average Bonchev–Trinajstić information content (AvgIpc) is 2.66. The molecule has 1 heterocycles. The fraction of sp³-hybridized carbons (Fsp3) is 0.600. The molecular formula is C20H31NO4Si. The molecule has 0 spiro atoms. The third kappa shape index (κ3) is 4.18. The first-order chi connectivity index (χ1) is 13.4. The molecule has 0 aliphatic carbocycles. The van der Waals surface area contributed by atoms with Crippen molar-refractivity contribution in [2.45, 2.75) is 77.3 Å². The van der Waals surface area contributed by atoms with Crippen LogP contribution in [0.2, 0.25) is 18.1 Å². The van der Waals surface area contributed by atoms with E-state index >= 15 is 0 Å². The fourth-order valence-corrected chi connectivity index (χ4v) is 6.06. The van der Waals surface area contributed by atoms with Crippen LogP contribution < -0.4 is 0 Å². The highest BCUT2D eigenvalue weighted by atomic mass is 28.4. The van der Waals surface area contributed by atoms with Crippen molar-refractivity contribution in [1.82, 2.24) is 4.90 Å². The van der Waals surface area contributed by atoms with Gasteiger partial charge < -0.3 is 9.16 Å². The summed E-state index contributed by atoms with van der Waals surface area (Å²) in [6.07, 6.45) is -1.71. The van der Waals surface area contributed by atoms with E-state index in [0.29, 0.717) is 0 Å². The van der Waals surface area contributed by atoms with Crippen molar-refractivity contribution in [3.63, 3.8) is 0 Å². The average molecular weight is 381 g/mol. The highest BCUT2D eigenvalue weighted by Gasteiger charge is 2.55. The standard InChI is InChI=1S/C20H31NO4Si/c1-7-26(8-2,9-3)25-17-16(15-13-11-10-12-14-15)21(18(17)22)19(23)24-20(4,5)6/h10-14,16-17H,7-9H2,1-6H3/t16-,17+/m0/s1/i4D3. The maximum Gasteiger partial charge on any atom is 0.417 e. The van der Waals surface area contributed by atoms with Crippen LogP contribution >= 0.6 is 0 Å². The second kappa shape index (κ2) is 7.92. The highest BCUT2D eigenvalue weighted by Crippen LogP contribution is 2.41. The van der Waals surface area contributed by atoms with Crippen LogP contribution in [0.15, 0.2) is 30.3 Å². The van der Waals surface area contributed by atoms with Gasteiger partial charge >= 0.3 is 6.09 Å². The monoisotopic (exact) mass is 380 g/mol. The van der Waals surface area contributed by atoms with Crippen LogP contribution in [0, 0.1) is 0 Å². The van der Waals surface area contributed by atoms with Gasteiger partial charge in [-0.15, -0.1) is 0 Å². The molecule has 144 valence electrons. The minimum atomic E-state index is -2.51. The first-order valence-electron chi connectivity index (χ1n) is 10.7. The Morgan fingerprint density at radius 3 is 2.27 bits per heavy atom. The smallest absolute Gasteiger partial charge is 0.417 e. The van der Waals surface area contributed by atoms with Crippen molar-refractivity contribution in [2.24, 2.45) is 0 Å². The Morgan fingerprint density at radius 2 is 1.77 bits per heavy atom. The van der Waals surface area contributed by atoms with E-state index in [1.807, 2.05) is 30.3 Å². The third-order valence-electron chi connectivity index (χ3n) is 5.04. The lowest BCUT2D eigenvalue weighted by Crippen LogP contribution is -2.65. The summed E-state index contributed by atoms with van der Waals surface area (Å²) in [5.41, 5.74) is -0.960. The number of likely N-dealkylation sites (tertiary alicyclic amines) is 1. The molecule has 1 aromatic carbocycles. The number of benzene rings is 1. The van der Waals surface area contributed by atoms with Gasteiger partial charge in [-0.2, -0.15) is 0 Å². The lowest BCUT2D eigenvalue weighted by atomic mass is 9.91. The molecule has 2 amide bonds. The lowest BCUT2D eigenvalue weighted by molar-refractivity contribution is -0.162. The van der Waals surface area contributed by atoms with Gasteiger partial charge in [0, 0.05) is 4.11 Å². The maximum absolute atomic E-state index is 12.9. The van der Waals surface area contributed by atoms with Gasteiger partial charge in [-0.3, -0.25) is 4.79 Å². The molecule has 5 nitrogen and oxygen atoms in total. The van der Waals surface area contributed by atoms with Crippen molar-refractivity contribution < 1.29 is 22.9 Å². The second-order valence-corrected chi connectivity index (χ2v) is 11.9. The first kappa shape index (κ1) is 16.5. The Bertz CT molecular complexity index is 727. The number of amides is 2. The molecule has 0 aromatic heterocycles. The molecular weight excluding hydrogens is 346 g/mol. The Kier molecular flexibility index (Phi) is 5.03.